The van der Waals surface area contributed by atoms with E-state index in [9.17, 15) is 14.0 Å². The van der Waals surface area contributed by atoms with Crippen molar-refractivity contribution in [3.63, 3.8) is 0 Å². The van der Waals surface area contributed by atoms with E-state index in [1.807, 2.05) is 0 Å². The summed E-state index contributed by atoms with van der Waals surface area (Å²) in [7, 11) is 0. The fourth-order valence-electron chi connectivity index (χ4n) is 1.59. The van der Waals surface area contributed by atoms with E-state index in [1.54, 1.807) is 6.07 Å². The molecule has 0 aliphatic rings. The third-order valence-electron chi connectivity index (χ3n) is 2.57. The minimum Gasteiger partial charge on any atom is -0.406 e. The Bertz CT molecular complexity index is 757. The van der Waals surface area contributed by atoms with Gasteiger partial charge in [0.1, 0.15) is 17.5 Å². The summed E-state index contributed by atoms with van der Waals surface area (Å²) >= 11 is 1.03. The molecule has 6 nitrogen and oxygen atoms in total. The summed E-state index contributed by atoms with van der Waals surface area (Å²) in [6, 6.07) is 5.75. The number of hydrogen-bond donors (Lipinski definition) is 2. The highest BCUT2D eigenvalue weighted by Gasteiger charge is 2.14. The molecule has 1 aromatic heterocycles. The van der Waals surface area contributed by atoms with Crippen LogP contribution in [0.4, 0.5) is 4.39 Å². The predicted octanol–water partition coefficient (Wildman–Crippen LogP) is 0.556. The topological polar surface area (TPSA) is 84.3 Å². The average molecular weight is 312 g/mol. The molecule has 2 aromatic rings. The Morgan fingerprint density at radius 1 is 1.43 bits per heavy atom. The Labute approximate surface area is 123 Å². The van der Waals surface area contributed by atoms with Crippen LogP contribution < -0.4 is 16.1 Å². The first kappa shape index (κ1) is 15.3. The lowest BCUT2D eigenvalue weighted by atomic mass is 10.3. The van der Waals surface area contributed by atoms with E-state index in [-0.39, 0.29) is 23.8 Å². The van der Waals surface area contributed by atoms with Crippen molar-refractivity contribution in [1.29, 1.82) is 0 Å². The summed E-state index contributed by atoms with van der Waals surface area (Å²) < 4.78 is 14.1. The van der Waals surface area contributed by atoms with Gasteiger partial charge in [0.2, 0.25) is 0 Å². The molecule has 0 radical (unpaired) electrons. The van der Waals surface area contributed by atoms with Gasteiger partial charge in [0.25, 0.3) is 5.56 Å². The van der Waals surface area contributed by atoms with E-state index in [0.29, 0.717) is 4.90 Å². The first-order valence-corrected chi connectivity index (χ1v) is 6.88. The second-order valence-electron chi connectivity index (χ2n) is 4.10. The minimum atomic E-state index is -0.752. The van der Waals surface area contributed by atoms with E-state index in [4.69, 9.17) is 9.94 Å². The van der Waals surface area contributed by atoms with Gasteiger partial charge in [-0.2, -0.15) is 0 Å². The maximum Gasteiger partial charge on any atom is 0.362 e. The largest absolute Gasteiger partial charge is 0.406 e. The van der Waals surface area contributed by atoms with Gasteiger partial charge in [0.05, 0.1) is 6.61 Å². The summed E-state index contributed by atoms with van der Waals surface area (Å²) in [6.45, 7) is 1.13. The van der Waals surface area contributed by atoms with Gasteiger partial charge in [0.15, 0.2) is 0 Å². The van der Waals surface area contributed by atoms with Crippen LogP contribution in [0.5, 0.6) is 0 Å². The van der Waals surface area contributed by atoms with Gasteiger partial charge in [-0.1, -0.05) is 17.8 Å². The van der Waals surface area contributed by atoms with Crippen molar-refractivity contribution in [2.24, 2.45) is 0 Å². The summed E-state index contributed by atoms with van der Waals surface area (Å²) in [5, 5.41) is 9.03. The second kappa shape index (κ2) is 6.59. The van der Waals surface area contributed by atoms with Crippen molar-refractivity contribution in [2.75, 3.05) is 13.2 Å². The molecule has 2 N–H and O–H groups in total. The molecule has 0 saturated heterocycles. The highest BCUT2D eigenvalue weighted by Crippen LogP contribution is 2.28. The quantitative estimate of drug-likeness (QED) is 0.788. The number of H-pyrrole nitrogens is 1. The highest BCUT2D eigenvalue weighted by molar-refractivity contribution is 7.99. The molecule has 0 bridgehead atoms. The molecule has 21 heavy (non-hydrogen) atoms. The minimum absolute atomic E-state index is 0.109. The number of aromatic amines is 1. The van der Waals surface area contributed by atoms with Crippen molar-refractivity contribution in [3.05, 3.63) is 56.5 Å². The Hall–Kier alpha value is -2.06. The van der Waals surface area contributed by atoms with E-state index in [1.165, 1.54) is 25.1 Å². The molecule has 0 aliphatic carbocycles. The zero-order chi connectivity index (χ0) is 15.4. The van der Waals surface area contributed by atoms with Gasteiger partial charge in [-0.05, 0) is 25.1 Å². The molecular weight excluding hydrogens is 299 g/mol. The lowest BCUT2D eigenvalue weighted by molar-refractivity contribution is 0.0513. The van der Waals surface area contributed by atoms with Crippen LogP contribution in [0.25, 0.3) is 0 Å². The average Bonchev–Trinajstić information content (AvgIpc) is 2.44. The Morgan fingerprint density at radius 2 is 2.19 bits per heavy atom. The molecule has 0 spiro atoms. The van der Waals surface area contributed by atoms with E-state index in [2.05, 4.69) is 4.98 Å². The molecule has 0 unspecified atom stereocenters. The molecule has 112 valence electrons. The molecule has 0 aliphatic heterocycles. The normalized spacial score (nSPS) is 10.6. The molecule has 1 aromatic carbocycles. The summed E-state index contributed by atoms with van der Waals surface area (Å²) in [4.78, 5) is 31.2. The number of aliphatic hydroxyl groups is 1. The maximum absolute atomic E-state index is 13.2. The second-order valence-corrected chi connectivity index (χ2v) is 5.16. The van der Waals surface area contributed by atoms with E-state index in [0.717, 1.165) is 16.5 Å². The number of aromatic nitrogens is 2. The summed E-state index contributed by atoms with van der Waals surface area (Å²) in [5.41, 5.74) is -1.03. The lowest BCUT2D eigenvalue weighted by Crippen LogP contribution is -2.37. The van der Waals surface area contributed by atoms with Crippen molar-refractivity contribution in [2.45, 2.75) is 16.8 Å². The number of benzene rings is 1. The van der Waals surface area contributed by atoms with Crippen molar-refractivity contribution in [1.82, 2.24) is 9.71 Å². The Kier molecular flexibility index (Phi) is 4.81. The zero-order valence-corrected chi connectivity index (χ0v) is 11.9. The molecule has 1 heterocycles. The van der Waals surface area contributed by atoms with Crippen molar-refractivity contribution >= 4 is 11.8 Å². The van der Waals surface area contributed by atoms with Gasteiger partial charge in [-0.25, -0.2) is 9.18 Å². The molecular formula is C13H13FN2O4S. The number of nitrogens with zero attached hydrogens (tertiary/aromatic N) is 1. The van der Waals surface area contributed by atoms with Crippen LogP contribution in [0.15, 0.2) is 43.8 Å². The number of nitrogens with one attached hydrogen (secondary N) is 1. The van der Waals surface area contributed by atoms with Crippen LogP contribution in [0.2, 0.25) is 0 Å². The molecule has 8 heteroatoms. The Morgan fingerprint density at radius 3 is 2.86 bits per heavy atom. The van der Waals surface area contributed by atoms with Gasteiger partial charge in [-0.3, -0.25) is 9.78 Å². The fourth-order valence-corrected chi connectivity index (χ4v) is 2.60. The summed E-state index contributed by atoms with van der Waals surface area (Å²) in [6.07, 6.45) is 0. The van der Waals surface area contributed by atoms with Crippen LogP contribution in [-0.2, 0) is 0 Å². The number of aliphatic hydroxyl groups excluding tert-OH is 1. The van der Waals surface area contributed by atoms with Gasteiger partial charge < -0.3 is 9.94 Å². The molecule has 0 fully saturated rings. The Balaban J connectivity index is 2.49. The zero-order valence-electron chi connectivity index (χ0n) is 11.1. The maximum atomic E-state index is 13.2. The smallest absolute Gasteiger partial charge is 0.362 e. The van der Waals surface area contributed by atoms with Crippen molar-refractivity contribution < 1.29 is 14.3 Å². The van der Waals surface area contributed by atoms with Crippen LogP contribution in [0.3, 0.4) is 0 Å². The molecule has 0 saturated carbocycles. The van der Waals surface area contributed by atoms with Crippen molar-refractivity contribution in [3.8, 4) is 0 Å². The van der Waals surface area contributed by atoms with Gasteiger partial charge in [-0.15, -0.1) is 4.73 Å². The number of rotatable bonds is 5. The predicted molar refractivity (Wildman–Crippen MR) is 75.1 cm³/mol. The molecule has 2 rings (SSSR count). The molecule has 0 amide bonds. The SMILES string of the molecule is Cc1c(Sc2cccc(F)c2)n(OCCO)c(=O)[nH]c1=O. The van der Waals surface area contributed by atoms with E-state index < -0.39 is 17.1 Å². The number of halogens is 1. The third-order valence-corrected chi connectivity index (χ3v) is 3.73. The first-order chi connectivity index (χ1) is 10.0. The van der Waals surface area contributed by atoms with Crippen LogP contribution in [0, 0.1) is 12.7 Å². The fraction of sp³-hybridized carbons (Fsp3) is 0.231. The highest BCUT2D eigenvalue weighted by atomic mass is 32.2. The lowest BCUT2D eigenvalue weighted by Gasteiger charge is -2.13. The number of hydrogen-bond acceptors (Lipinski definition) is 5. The van der Waals surface area contributed by atoms with Gasteiger partial charge in [0, 0.05) is 10.5 Å². The van der Waals surface area contributed by atoms with Crippen LogP contribution in [-0.4, -0.2) is 28.0 Å². The standard InChI is InChI=1S/C13H13FN2O4S/c1-8-11(18)15-13(19)16(20-6-5-17)12(8)21-10-4-2-3-9(14)7-10/h2-4,7,17H,5-6H2,1H3,(H,15,18,19). The van der Waals surface area contributed by atoms with E-state index >= 15 is 0 Å². The van der Waals surface area contributed by atoms with Crippen LogP contribution >= 0.6 is 11.8 Å². The molecule has 0 atom stereocenters. The van der Waals surface area contributed by atoms with Crippen LogP contribution in [0.1, 0.15) is 5.56 Å². The summed E-state index contributed by atoms with van der Waals surface area (Å²) in [5.74, 6) is -0.423. The van der Waals surface area contributed by atoms with Gasteiger partial charge >= 0.3 is 5.69 Å². The monoisotopic (exact) mass is 312 g/mol. The first-order valence-electron chi connectivity index (χ1n) is 6.06. The third kappa shape index (κ3) is 3.53.